The first-order chi connectivity index (χ1) is 12.0. The zero-order chi connectivity index (χ0) is 18.2. The third kappa shape index (κ3) is 5.96. The van der Waals surface area contributed by atoms with Crippen LogP contribution < -0.4 is 10.6 Å². The summed E-state index contributed by atoms with van der Waals surface area (Å²) in [6, 6.07) is 4.50. The van der Waals surface area contributed by atoms with Crippen molar-refractivity contribution in [1.29, 1.82) is 0 Å². The Morgan fingerprint density at radius 2 is 2.00 bits per heavy atom. The van der Waals surface area contributed by atoms with Gasteiger partial charge in [0.05, 0.1) is 0 Å². The molecule has 1 fully saturated rings. The standard InChI is InChI=1S/C19H30F2N4/c1-4-9-25-10-7-16(8-11-25)24-19(22-3)23-13-14(2)15-5-6-17(20)18(21)12-15/h5-6,12,14,16H,4,7-11,13H2,1-3H3,(H2,22,23,24). The molecule has 1 atom stereocenters. The fraction of sp³-hybridized carbons (Fsp3) is 0.632. The molecule has 1 aliphatic heterocycles. The Balaban J connectivity index is 1.79. The number of aliphatic imine (C=N–C) groups is 1. The molecule has 2 N–H and O–H groups in total. The molecule has 1 aromatic carbocycles. The molecule has 0 spiro atoms. The number of hydrogen-bond donors (Lipinski definition) is 2. The summed E-state index contributed by atoms with van der Waals surface area (Å²) >= 11 is 0. The van der Waals surface area contributed by atoms with E-state index in [9.17, 15) is 8.78 Å². The van der Waals surface area contributed by atoms with E-state index in [1.54, 1.807) is 13.1 Å². The van der Waals surface area contributed by atoms with Crippen molar-refractivity contribution in [2.45, 2.75) is 45.1 Å². The topological polar surface area (TPSA) is 39.7 Å². The molecule has 1 heterocycles. The van der Waals surface area contributed by atoms with Gasteiger partial charge >= 0.3 is 0 Å². The molecule has 0 saturated carbocycles. The number of guanidine groups is 1. The third-order valence-electron chi connectivity index (χ3n) is 4.78. The second-order valence-corrected chi connectivity index (χ2v) is 6.79. The molecule has 0 aromatic heterocycles. The van der Waals surface area contributed by atoms with Gasteiger partial charge in [-0.15, -0.1) is 0 Å². The molecule has 2 rings (SSSR count). The maximum atomic E-state index is 13.4. The Labute approximate surface area is 149 Å². The minimum Gasteiger partial charge on any atom is -0.356 e. The van der Waals surface area contributed by atoms with Gasteiger partial charge in [0.2, 0.25) is 0 Å². The van der Waals surface area contributed by atoms with Gasteiger partial charge in [0.1, 0.15) is 0 Å². The maximum absolute atomic E-state index is 13.4. The van der Waals surface area contributed by atoms with Gasteiger partial charge in [0.25, 0.3) is 0 Å². The first-order valence-corrected chi connectivity index (χ1v) is 9.18. The predicted octanol–water partition coefficient (Wildman–Crippen LogP) is 3.11. The van der Waals surface area contributed by atoms with Crippen LogP contribution in [0.1, 0.15) is 44.6 Å². The number of likely N-dealkylation sites (tertiary alicyclic amines) is 1. The van der Waals surface area contributed by atoms with Crippen molar-refractivity contribution in [2.24, 2.45) is 4.99 Å². The summed E-state index contributed by atoms with van der Waals surface area (Å²) < 4.78 is 26.4. The summed E-state index contributed by atoms with van der Waals surface area (Å²) in [5.41, 5.74) is 0.773. The van der Waals surface area contributed by atoms with E-state index < -0.39 is 11.6 Å². The highest BCUT2D eigenvalue weighted by Crippen LogP contribution is 2.17. The summed E-state index contributed by atoms with van der Waals surface area (Å²) in [7, 11) is 1.75. The molecule has 1 saturated heterocycles. The lowest BCUT2D eigenvalue weighted by molar-refractivity contribution is 0.206. The van der Waals surface area contributed by atoms with Crippen molar-refractivity contribution in [3.63, 3.8) is 0 Å². The average molecular weight is 352 g/mol. The number of piperidine rings is 1. The van der Waals surface area contributed by atoms with E-state index >= 15 is 0 Å². The van der Waals surface area contributed by atoms with Crippen LogP contribution in [0.4, 0.5) is 8.78 Å². The maximum Gasteiger partial charge on any atom is 0.191 e. The highest BCUT2D eigenvalue weighted by Gasteiger charge is 2.19. The van der Waals surface area contributed by atoms with Gasteiger partial charge in [0, 0.05) is 32.7 Å². The molecule has 0 amide bonds. The Morgan fingerprint density at radius 1 is 1.28 bits per heavy atom. The van der Waals surface area contributed by atoms with Gasteiger partial charge in [-0.25, -0.2) is 8.78 Å². The van der Waals surface area contributed by atoms with Crippen molar-refractivity contribution < 1.29 is 8.78 Å². The summed E-state index contributed by atoms with van der Waals surface area (Å²) in [5, 5.41) is 6.77. The van der Waals surface area contributed by atoms with Crippen molar-refractivity contribution in [2.75, 3.05) is 33.2 Å². The van der Waals surface area contributed by atoms with Crippen LogP contribution in [0.15, 0.2) is 23.2 Å². The van der Waals surface area contributed by atoms with E-state index in [1.807, 2.05) is 6.92 Å². The fourth-order valence-corrected chi connectivity index (χ4v) is 3.19. The van der Waals surface area contributed by atoms with Gasteiger partial charge in [-0.05, 0) is 49.4 Å². The highest BCUT2D eigenvalue weighted by molar-refractivity contribution is 5.80. The number of nitrogens with zero attached hydrogens (tertiary/aromatic N) is 2. The van der Waals surface area contributed by atoms with E-state index in [0.29, 0.717) is 12.6 Å². The highest BCUT2D eigenvalue weighted by atomic mass is 19.2. The molecular weight excluding hydrogens is 322 g/mol. The van der Waals surface area contributed by atoms with Crippen LogP contribution in [0.2, 0.25) is 0 Å². The van der Waals surface area contributed by atoms with E-state index in [0.717, 1.165) is 37.5 Å². The molecule has 140 valence electrons. The van der Waals surface area contributed by atoms with Gasteiger partial charge in [-0.3, -0.25) is 4.99 Å². The summed E-state index contributed by atoms with van der Waals surface area (Å²) in [5.74, 6) is -0.787. The Bertz CT molecular complexity index is 569. The minimum absolute atomic E-state index is 0.0556. The van der Waals surface area contributed by atoms with Crippen LogP contribution >= 0.6 is 0 Å². The van der Waals surface area contributed by atoms with Gasteiger partial charge in [-0.1, -0.05) is 19.9 Å². The van der Waals surface area contributed by atoms with Crippen molar-refractivity contribution >= 4 is 5.96 Å². The zero-order valence-corrected chi connectivity index (χ0v) is 15.5. The molecular formula is C19H30F2N4. The van der Waals surface area contributed by atoms with Crippen LogP contribution in [0, 0.1) is 11.6 Å². The van der Waals surface area contributed by atoms with Crippen molar-refractivity contribution in [3.05, 3.63) is 35.4 Å². The zero-order valence-electron chi connectivity index (χ0n) is 15.5. The summed E-state index contributed by atoms with van der Waals surface area (Å²) in [6.07, 6.45) is 3.42. The molecule has 6 heteroatoms. The predicted molar refractivity (Wildman–Crippen MR) is 99.0 cm³/mol. The summed E-state index contributed by atoms with van der Waals surface area (Å²) in [4.78, 5) is 6.78. The number of hydrogen-bond acceptors (Lipinski definition) is 2. The number of nitrogens with one attached hydrogen (secondary N) is 2. The van der Waals surface area contributed by atoms with E-state index in [2.05, 4.69) is 27.4 Å². The second kappa shape index (κ2) is 9.70. The van der Waals surface area contributed by atoms with Gasteiger partial charge < -0.3 is 15.5 Å². The van der Waals surface area contributed by atoms with Crippen LogP contribution in [-0.4, -0.2) is 50.1 Å². The van der Waals surface area contributed by atoms with Gasteiger partial charge in [0.15, 0.2) is 17.6 Å². The lowest BCUT2D eigenvalue weighted by atomic mass is 10.0. The first-order valence-electron chi connectivity index (χ1n) is 9.18. The van der Waals surface area contributed by atoms with Crippen molar-refractivity contribution in [3.8, 4) is 0 Å². The number of benzene rings is 1. The van der Waals surface area contributed by atoms with Crippen LogP contribution in [-0.2, 0) is 0 Å². The van der Waals surface area contributed by atoms with Crippen LogP contribution in [0.5, 0.6) is 0 Å². The van der Waals surface area contributed by atoms with Crippen LogP contribution in [0.25, 0.3) is 0 Å². The Kier molecular flexibility index (Phi) is 7.62. The molecule has 0 radical (unpaired) electrons. The van der Waals surface area contributed by atoms with Crippen LogP contribution in [0.3, 0.4) is 0 Å². The van der Waals surface area contributed by atoms with Crippen molar-refractivity contribution in [1.82, 2.24) is 15.5 Å². The average Bonchev–Trinajstić information content (AvgIpc) is 2.62. The number of rotatable bonds is 6. The molecule has 1 aliphatic rings. The Morgan fingerprint density at radius 3 is 2.60 bits per heavy atom. The molecule has 4 nitrogen and oxygen atoms in total. The van der Waals surface area contributed by atoms with E-state index in [-0.39, 0.29) is 5.92 Å². The Hall–Kier alpha value is -1.69. The minimum atomic E-state index is -0.809. The molecule has 1 unspecified atom stereocenters. The molecule has 1 aromatic rings. The molecule has 25 heavy (non-hydrogen) atoms. The first kappa shape index (κ1) is 19.6. The third-order valence-corrected chi connectivity index (χ3v) is 4.78. The second-order valence-electron chi connectivity index (χ2n) is 6.79. The van der Waals surface area contributed by atoms with E-state index in [4.69, 9.17) is 0 Å². The smallest absolute Gasteiger partial charge is 0.191 e. The largest absolute Gasteiger partial charge is 0.356 e. The fourth-order valence-electron chi connectivity index (χ4n) is 3.19. The SMILES string of the molecule is CCCN1CCC(NC(=NC)NCC(C)c2ccc(F)c(F)c2)CC1. The normalized spacial score (nSPS) is 18.2. The van der Waals surface area contributed by atoms with Gasteiger partial charge in [-0.2, -0.15) is 0 Å². The lowest BCUT2D eigenvalue weighted by Gasteiger charge is -2.33. The summed E-state index contributed by atoms with van der Waals surface area (Å²) in [6.45, 7) is 8.22. The quantitative estimate of drug-likeness (QED) is 0.610. The lowest BCUT2D eigenvalue weighted by Crippen LogP contribution is -2.49. The molecule has 0 bridgehead atoms. The monoisotopic (exact) mass is 352 g/mol. The molecule has 0 aliphatic carbocycles. The number of halogens is 2. The van der Waals surface area contributed by atoms with E-state index in [1.165, 1.54) is 25.1 Å².